The summed E-state index contributed by atoms with van der Waals surface area (Å²) >= 11 is 1.44. The van der Waals surface area contributed by atoms with Gasteiger partial charge in [0.25, 0.3) is 0 Å². The predicted octanol–water partition coefficient (Wildman–Crippen LogP) is 2.19. The van der Waals surface area contributed by atoms with Crippen molar-refractivity contribution in [2.75, 3.05) is 0 Å². The van der Waals surface area contributed by atoms with Crippen LogP contribution in [0.5, 0.6) is 0 Å². The number of amides is 2. The van der Waals surface area contributed by atoms with E-state index in [1.54, 1.807) is 6.07 Å². The van der Waals surface area contributed by atoms with Crippen LogP contribution in [-0.4, -0.2) is 17.1 Å². The molecule has 0 bridgehead atoms. The monoisotopic (exact) mass is 330 g/mol. The highest BCUT2D eigenvalue weighted by Gasteiger charge is 2.31. The highest BCUT2D eigenvalue weighted by Crippen LogP contribution is 2.37. The molecule has 0 aliphatic carbocycles. The fraction of sp³-hybridized carbons (Fsp3) is 0.176. The first-order valence-electron chi connectivity index (χ1n) is 7.15. The summed E-state index contributed by atoms with van der Waals surface area (Å²) in [4.78, 5) is 25.2. The molecular weight excluding hydrogens is 315 g/mol. The summed E-state index contributed by atoms with van der Waals surface area (Å²) in [6, 6.07) is 12.4. The van der Waals surface area contributed by atoms with Gasteiger partial charge in [-0.15, -0.1) is 11.8 Å². The maximum atomic E-state index is 13.9. The minimum Gasteiger partial charge on any atom is -0.368 e. The highest BCUT2D eigenvalue weighted by atomic mass is 32.2. The Morgan fingerprint density at radius 3 is 2.57 bits per heavy atom. The number of hydrogen-bond donors (Lipinski definition) is 2. The summed E-state index contributed by atoms with van der Waals surface area (Å²) in [5.41, 5.74) is 6.52. The van der Waals surface area contributed by atoms with Gasteiger partial charge in [-0.3, -0.25) is 9.59 Å². The van der Waals surface area contributed by atoms with Gasteiger partial charge in [-0.1, -0.05) is 36.4 Å². The van der Waals surface area contributed by atoms with Crippen LogP contribution in [0.4, 0.5) is 4.39 Å². The molecule has 1 heterocycles. The Bertz CT molecular complexity index is 741. The smallest absolute Gasteiger partial charge is 0.244 e. The highest BCUT2D eigenvalue weighted by molar-refractivity contribution is 8.01. The number of fused-ring (bicyclic) bond motifs is 1. The first kappa shape index (κ1) is 15.6. The average Bonchev–Trinajstić information content (AvgIpc) is 2.97. The van der Waals surface area contributed by atoms with Gasteiger partial charge in [0, 0.05) is 10.5 Å². The van der Waals surface area contributed by atoms with Gasteiger partial charge in [0.2, 0.25) is 11.8 Å². The molecule has 0 radical (unpaired) electrons. The van der Waals surface area contributed by atoms with Crippen LogP contribution in [0.1, 0.15) is 17.2 Å². The lowest BCUT2D eigenvalue weighted by atomic mass is 10.0. The Balaban J connectivity index is 1.76. The fourth-order valence-electron chi connectivity index (χ4n) is 2.57. The second-order valence-electron chi connectivity index (χ2n) is 5.28. The molecule has 23 heavy (non-hydrogen) atoms. The van der Waals surface area contributed by atoms with Crippen molar-refractivity contribution in [1.82, 2.24) is 5.32 Å². The number of carbonyl (C=O) groups excluding carboxylic acids is 2. The van der Waals surface area contributed by atoms with E-state index in [1.165, 1.54) is 30.0 Å². The molecule has 0 saturated heterocycles. The number of hydrogen-bond acceptors (Lipinski definition) is 3. The van der Waals surface area contributed by atoms with E-state index < -0.39 is 17.8 Å². The Labute approximate surface area is 137 Å². The van der Waals surface area contributed by atoms with Crippen LogP contribution in [0.2, 0.25) is 0 Å². The summed E-state index contributed by atoms with van der Waals surface area (Å²) in [6.07, 6.45) is 0.579. The SMILES string of the molecule is NC(=O)[C@H](NC(=O)[C@@H]1Cc2ccccc2S1)c1ccccc1F. The van der Waals surface area contributed by atoms with E-state index >= 15 is 0 Å². The number of nitrogens with two attached hydrogens (primary N) is 1. The van der Waals surface area contributed by atoms with E-state index in [1.807, 2.05) is 24.3 Å². The van der Waals surface area contributed by atoms with E-state index in [0.717, 1.165) is 10.5 Å². The molecule has 2 atom stereocenters. The van der Waals surface area contributed by atoms with Crippen molar-refractivity contribution in [3.8, 4) is 0 Å². The van der Waals surface area contributed by atoms with E-state index in [0.29, 0.717) is 6.42 Å². The normalized spacial score (nSPS) is 17.3. The molecule has 0 aromatic heterocycles. The lowest BCUT2D eigenvalue weighted by Gasteiger charge is -2.18. The third kappa shape index (κ3) is 3.22. The van der Waals surface area contributed by atoms with E-state index in [9.17, 15) is 14.0 Å². The maximum absolute atomic E-state index is 13.9. The number of benzene rings is 2. The third-order valence-electron chi connectivity index (χ3n) is 3.73. The summed E-state index contributed by atoms with van der Waals surface area (Å²) in [7, 11) is 0. The number of nitrogens with one attached hydrogen (secondary N) is 1. The third-order valence-corrected chi connectivity index (χ3v) is 5.04. The van der Waals surface area contributed by atoms with E-state index in [2.05, 4.69) is 5.32 Å². The molecule has 0 spiro atoms. The largest absolute Gasteiger partial charge is 0.368 e. The van der Waals surface area contributed by atoms with Gasteiger partial charge in [-0.2, -0.15) is 0 Å². The molecule has 0 unspecified atom stereocenters. The van der Waals surface area contributed by atoms with Crippen LogP contribution < -0.4 is 11.1 Å². The first-order chi connectivity index (χ1) is 11.1. The molecule has 2 aromatic rings. The van der Waals surface area contributed by atoms with Gasteiger partial charge in [0.15, 0.2) is 0 Å². The fourth-order valence-corrected chi connectivity index (χ4v) is 3.78. The number of halogens is 1. The van der Waals surface area contributed by atoms with Crippen LogP contribution in [-0.2, 0) is 16.0 Å². The quantitative estimate of drug-likeness (QED) is 0.902. The number of primary amides is 1. The number of rotatable bonds is 4. The van der Waals surface area contributed by atoms with Gasteiger partial charge < -0.3 is 11.1 Å². The minimum atomic E-state index is -1.17. The maximum Gasteiger partial charge on any atom is 0.244 e. The Morgan fingerprint density at radius 2 is 1.87 bits per heavy atom. The van der Waals surface area contributed by atoms with Crippen LogP contribution in [0.25, 0.3) is 0 Å². The van der Waals surface area contributed by atoms with Gasteiger partial charge >= 0.3 is 0 Å². The van der Waals surface area contributed by atoms with Gasteiger partial charge in [-0.25, -0.2) is 4.39 Å². The van der Waals surface area contributed by atoms with E-state index in [-0.39, 0.29) is 16.7 Å². The zero-order valence-corrected chi connectivity index (χ0v) is 13.0. The second-order valence-corrected chi connectivity index (χ2v) is 6.53. The number of carbonyl (C=O) groups is 2. The second kappa shape index (κ2) is 6.42. The molecule has 0 fully saturated rings. The van der Waals surface area contributed by atoms with Gasteiger partial charge in [-0.05, 0) is 24.1 Å². The molecule has 0 saturated carbocycles. The average molecular weight is 330 g/mol. The van der Waals surface area contributed by atoms with Crippen molar-refractivity contribution in [3.63, 3.8) is 0 Å². The minimum absolute atomic E-state index is 0.0776. The summed E-state index contributed by atoms with van der Waals surface area (Å²) in [6.45, 7) is 0. The van der Waals surface area contributed by atoms with Gasteiger partial charge in [0.05, 0.1) is 5.25 Å². The van der Waals surface area contributed by atoms with Crippen LogP contribution >= 0.6 is 11.8 Å². The molecule has 3 rings (SSSR count). The van der Waals surface area contributed by atoms with Crippen molar-refractivity contribution in [1.29, 1.82) is 0 Å². The lowest BCUT2D eigenvalue weighted by molar-refractivity contribution is -0.127. The molecular formula is C17H15FN2O2S. The molecule has 118 valence electrons. The van der Waals surface area contributed by atoms with Crippen molar-refractivity contribution in [3.05, 3.63) is 65.5 Å². The van der Waals surface area contributed by atoms with E-state index in [4.69, 9.17) is 5.73 Å². The zero-order chi connectivity index (χ0) is 16.4. The Morgan fingerprint density at radius 1 is 1.17 bits per heavy atom. The number of thioether (sulfide) groups is 1. The molecule has 1 aliphatic rings. The van der Waals surface area contributed by atoms with Crippen molar-refractivity contribution in [2.24, 2.45) is 5.73 Å². The van der Waals surface area contributed by atoms with Crippen molar-refractivity contribution in [2.45, 2.75) is 22.6 Å². The molecule has 4 nitrogen and oxygen atoms in total. The summed E-state index contributed by atoms with van der Waals surface area (Å²) < 4.78 is 13.9. The Kier molecular flexibility index (Phi) is 4.34. The predicted molar refractivity (Wildman–Crippen MR) is 86.3 cm³/mol. The molecule has 6 heteroatoms. The van der Waals surface area contributed by atoms with Gasteiger partial charge in [0.1, 0.15) is 11.9 Å². The van der Waals surface area contributed by atoms with Crippen molar-refractivity contribution >= 4 is 23.6 Å². The van der Waals surface area contributed by atoms with Crippen LogP contribution in [0.15, 0.2) is 53.4 Å². The summed E-state index contributed by atoms with van der Waals surface area (Å²) in [5.74, 6) is -1.68. The zero-order valence-electron chi connectivity index (χ0n) is 12.2. The standard InChI is InChI=1S/C17H15FN2O2S/c18-12-7-3-2-6-11(12)15(16(19)21)20-17(22)14-9-10-5-1-4-8-13(10)23-14/h1-8,14-15H,9H2,(H2,19,21)(H,20,22)/t14-,15+/m0/s1. The Hall–Kier alpha value is -2.34. The van der Waals surface area contributed by atoms with Crippen LogP contribution in [0.3, 0.4) is 0 Å². The molecule has 2 amide bonds. The summed E-state index contributed by atoms with van der Waals surface area (Å²) in [5, 5.41) is 2.23. The molecule has 2 aromatic carbocycles. The molecule has 3 N–H and O–H groups in total. The topological polar surface area (TPSA) is 72.2 Å². The van der Waals surface area contributed by atoms with Crippen LogP contribution in [0, 0.1) is 5.82 Å². The first-order valence-corrected chi connectivity index (χ1v) is 8.03. The molecule has 1 aliphatic heterocycles. The van der Waals surface area contributed by atoms with Crippen molar-refractivity contribution < 1.29 is 14.0 Å². The lowest BCUT2D eigenvalue weighted by Crippen LogP contribution is -2.41.